The second-order valence-corrected chi connectivity index (χ2v) is 5.81. The Kier molecular flexibility index (Phi) is 7.03. The van der Waals surface area contributed by atoms with Crippen molar-refractivity contribution in [1.82, 2.24) is 5.32 Å². The number of hydrogen-bond acceptors (Lipinski definition) is 2. The Bertz CT molecular complexity index is 474. The molecule has 3 nitrogen and oxygen atoms in total. The minimum atomic E-state index is -0.120. The molecule has 0 aromatic heterocycles. The predicted octanol–water partition coefficient (Wildman–Crippen LogP) is 3.89. The SMILES string of the molecule is CC.CNC(=O)C(C(C)C)N1CCCc2cc(Cl)ccc21. The molecule has 2 rings (SSSR count). The number of likely N-dealkylation sites (N-methyl/N-ethyl adjacent to an activating group) is 1. The smallest absolute Gasteiger partial charge is 0.242 e. The van der Waals surface area contributed by atoms with E-state index in [2.05, 4.69) is 24.1 Å². The van der Waals surface area contributed by atoms with E-state index in [4.69, 9.17) is 11.6 Å². The third kappa shape index (κ3) is 4.13. The van der Waals surface area contributed by atoms with Gasteiger partial charge in [0.2, 0.25) is 5.91 Å². The van der Waals surface area contributed by atoms with Crippen molar-refractivity contribution in [3.05, 3.63) is 28.8 Å². The van der Waals surface area contributed by atoms with Crippen LogP contribution in [0.5, 0.6) is 0 Å². The lowest BCUT2D eigenvalue weighted by Crippen LogP contribution is -2.51. The number of nitrogens with one attached hydrogen (secondary N) is 1. The molecule has 0 radical (unpaired) electrons. The van der Waals surface area contributed by atoms with Crippen molar-refractivity contribution in [2.24, 2.45) is 5.92 Å². The summed E-state index contributed by atoms with van der Waals surface area (Å²) in [6, 6.07) is 5.84. The Morgan fingerprint density at radius 2 is 2.00 bits per heavy atom. The molecule has 0 fully saturated rings. The average molecular weight is 311 g/mol. The molecular formula is C17H27ClN2O. The van der Waals surface area contributed by atoms with E-state index in [-0.39, 0.29) is 17.9 Å². The number of amides is 1. The van der Waals surface area contributed by atoms with Gasteiger partial charge in [0.25, 0.3) is 0 Å². The molecule has 1 aliphatic heterocycles. The predicted molar refractivity (Wildman–Crippen MR) is 91.2 cm³/mol. The first kappa shape index (κ1) is 17.8. The second-order valence-electron chi connectivity index (χ2n) is 5.37. The molecule has 1 aliphatic rings. The van der Waals surface area contributed by atoms with Gasteiger partial charge >= 0.3 is 0 Å². The Labute approximate surface area is 133 Å². The van der Waals surface area contributed by atoms with Crippen LogP contribution in [0.1, 0.15) is 39.7 Å². The van der Waals surface area contributed by atoms with E-state index >= 15 is 0 Å². The van der Waals surface area contributed by atoms with Crippen molar-refractivity contribution < 1.29 is 4.79 Å². The van der Waals surface area contributed by atoms with Gasteiger partial charge in [-0.3, -0.25) is 4.79 Å². The highest BCUT2D eigenvalue weighted by atomic mass is 35.5. The van der Waals surface area contributed by atoms with Crippen molar-refractivity contribution in [2.75, 3.05) is 18.5 Å². The molecular weight excluding hydrogens is 284 g/mol. The zero-order valence-corrected chi connectivity index (χ0v) is 14.5. The summed E-state index contributed by atoms with van der Waals surface area (Å²) in [4.78, 5) is 14.4. The highest BCUT2D eigenvalue weighted by Crippen LogP contribution is 2.32. The maximum Gasteiger partial charge on any atom is 0.242 e. The summed E-state index contributed by atoms with van der Waals surface area (Å²) in [7, 11) is 1.70. The number of fused-ring (bicyclic) bond motifs is 1. The zero-order valence-electron chi connectivity index (χ0n) is 13.7. The Balaban J connectivity index is 0.00000106. The minimum absolute atomic E-state index is 0.0813. The van der Waals surface area contributed by atoms with Crippen LogP contribution in [0.3, 0.4) is 0 Å². The highest BCUT2D eigenvalue weighted by molar-refractivity contribution is 6.30. The Morgan fingerprint density at radius 3 is 2.57 bits per heavy atom. The molecule has 1 amide bonds. The van der Waals surface area contributed by atoms with Gasteiger partial charge < -0.3 is 10.2 Å². The summed E-state index contributed by atoms with van der Waals surface area (Å²) in [5.74, 6) is 0.347. The van der Waals surface area contributed by atoms with Crippen LogP contribution in [0.15, 0.2) is 18.2 Å². The molecule has 0 spiro atoms. The van der Waals surface area contributed by atoms with Crippen molar-refractivity contribution in [3.63, 3.8) is 0 Å². The van der Waals surface area contributed by atoms with Crippen LogP contribution in [0.25, 0.3) is 0 Å². The summed E-state index contributed by atoms with van der Waals surface area (Å²) in [6.45, 7) is 9.10. The molecule has 4 heteroatoms. The monoisotopic (exact) mass is 310 g/mol. The van der Waals surface area contributed by atoms with Gasteiger partial charge in [-0.1, -0.05) is 39.3 Å². The topological polar surface area (TPSA) is 32.3 Å². The maximum atomic E-state index is 12.2. The first-order chi connectivity index (χ1) is 10.0. The molecule has 1 unspecified atom stereocenters. The molecule has 1 atom stereocenters. The lowest BCUT2D eigenvalue weighted by atomic mass is 9.95. The number of rotatable bonds is 3. The number of anilines is 1. The summed E-state index contributed by atoms with van der Waals surface area (Å²) >= 11 is 6.06. The molecule has 21 heavy (non-hydrogen) atoms. The molecule has 0 bridgehead atoms. The van der Waals surface area contributed by atoms with Gasteiger partial charge in [0.05, 0.1) is 0 Å². The summed E-state index contributed by atoms with van der Waals surface area (Å²) < 4.78 is 0. The van der Waals surface area contributed by atoms with Crippen LogP contribution in [-0.4, -0.2) is 25.5 Å². The van der Waals surface area contributed by atoms with Gasteiger partial charge in [-0.2, -0.15) is 0 Å². The van der Waals surface area contributed by atoms with Crippen molar-refractivity contribution >= 4 is 23.2 Å². The molecule has 1 N–H and O–H groups in total. The Hall–Kier alpha value is -1.22. The number of carbonyl (C=O) groups is 1. The first-order valence-corrected chi connectivity index (χ1v) is 8.19. The maximum absolute atomic E-state index is 12.2. The van der Waals surface area contributed by atoms with Crippen molar-refractivity contribution in [2.45, 2.75) is 46.6 Å². The van der Waals surface area contributed by atoms with E-state index in [9.17, 15) is 4.79 Å². The summed E-state index contributed by atoms with van der Waals surface area (Å²) in [5, 5.41) is 3.54. The highest BCUT2D eigenvalue weighted by Gasteiger charge is 2.31. The average Bonchev–Trinajstić information content (AvgIpc) is 2.48. The van der Waals surface area contributed by atoms with Gasteiger partial charge in [-0.05, 0) is 42.5 Å². The van der Waals surface area contributed by atoms with E-state index in [1.807, 2.05) is 32.0 Å². The lowest BCUT2D eigenvalue weighted by Gasteiger charge is -2.39. The van der Waals surface area contributed by atoms with Gasteiger partial charge in [-0.25, -0.2) is 0 Å². The minimum Gasteiger partial charge on any atom is -0.359 e. The zero-order chi connectivity index (χ0) is 16.0. The molecule has 1 aromatic carbocycles. The number of halogens is 1. The fraction of sp³-hybridized carbons (Fsp3) is 0.588. The van der Waals surface area contributed by atoms with Crippen LogP contribution in [0.2, 0.25) is 5.02 Å². The first-order valence-electron chi connectivity index (χ1n) is 7.81. The summed E-state index contributed by atoms with van der Waals surface area (Å²) in [5.41, 5.74) is 2.39. The third-order valence-corrected chi connectivity index (χ3v) is 3.91. The fourth-order valence-electron chi connectivity index (χ4n) is 2.84. The van der Waals surface area contributed by atoms with Crippen LogP contribution < -0.4 is 10.2 Å². The van der Waals surface area contributed by atoms with E-state index in [1.54, 1.807) is 7.05 Å². The number of carbonyl (C=O) groups excluding carboxylic acids is 1. The number of hydrogen-bond donors (Lipinski definition) is 1. The quantitative estimate of drug-likeness (QED) is 0.918. The van der Waals surface area contributed by atoms with E-state index in [0.29, 0.717) is 0 Å². The number of aryl methyl sites for hydroxylation is 1. The van der Waals surface area contributed by atoms with Crippen LogP contribution in [0, 0.1) is 5.92 Å². The molecule has 118 valence electrons. The van der Waals surface area contributed by atoms with Crippen molar-refractivity contribution in [3.8, 4) is 0 Å². The van der Waals surface area contributed by atoms with Crippen molar-refractivity contribution in [1.29, 1.82) is 0 Å². The van der Waals surface area contributed by atoms with Crippen LogP contribution >= 0.6 is 11.6 Å². The standard InChI is InChI=1S/C15H21ClN2O.C2H6/c1-10(2)14(15(19)17-3)18-8-4-5-11-9-12(16)6-7-13(11)18;1-2/h6-7,9-10,14H,4-5,8H2,1-3H3,(H,17,19);1-2H3. The Morgan fingerprint density at radius 1 is 1.33 bits per heavy atom. The normalized spacial score (nSPS) is 14.9. The van der Waals surface area contributed by atoms with Crippen LogP contribution in [0.4, 0.5) is 5.69 Å². The van der Waals surface area contributed by atoms with Gasteiger partial charge in [0.15, 0.2) is 0 Å². The van der Waals surface area contributed by atoms with E-state index in [0.717, 1.165) is 30.1 Å². The van der Waals surface area contributed by atoms with E-state index < -0.39 is 0 Å². The van der Waals surface area contributed by atoms with E-state index in [1.165, 1.54) is 5.56 Å². The number of benzene rings is 1. The molecule has 1 heterocycles. The summed E-state index contributed by atoms with van der Waals surface area (Å²) in [6.07, 6.45) is 2.10. The molecule has 0 aliphatic carbocycles. The van der Waals surface area contributed by atoms with Gasteiger partial charge in [0, 0.05) is 24.3 Å². The molecule has 1 aromatic rings. The van der Waals surface area contributed by atoms with Gasteiger partial charge in [-0.15, -0.1) is 0 Å². The second kappa shape index (κ2) is 8.28. The molecule has 0 saturated heterocycles. The fourth-order valence-corrected chi connectivity index (χ4v) is 3.03. The largest absolute Gasteiger partial charge is 0.359 e. The molecule has 0 saturated carbocycles. The lowest BCUT2D eigenvalue weighted by molar-refractivity contribution is -0.122. The van der Waals surface area contributed by atoms with Gasteiger partial charge in [0.1, 0.15) is 6.04 Å². The van der Waals surface area contributed by atoms with Crippen LogP contribution in [-0.2, 0) is 11.2 Å². The third-order valence-electron chi connectivity index (χ3n) is 3.68. The number of nitrogens with zero attached hydrogens (tertiary/aromatic N) is 1.